The van der Waals surface area contributed by atoms with E-state index in [4.69, 9.17) is 12.2 Å². The Bertz CT molecular complexity index is 592. The van der Waals surface area contributed by atoms with Gasteiger partial charge >= 0.3 is 6.18 Å². The van der Waals surface area contributed by atoms with Gasteiger partial charge < -0.3 is 4.90 Å². The van der Waals surface area contributed by atoms with Gasteiger partial charge in [-0.2, -0.15) is 13.2 Å². The maximum atomic E-state index is 13.2. The summed E-state index contributed by atoms with van der Waals surface area (Å²) in [5.74, 6) is 5.38. The van der Waals surface area contributed by atoms with E-state index in [9.17, 15) is 13.2 Å². The summed E-state index contributed by atoms with van der Waals surface area (Å²) in [7, 11) is 0. The minimum Gasteiger partial charge on any atom is -0.362 e. The lowest BCUT2D eigenvalue weighted by molar-refractivity contribution is -0.137. The van der Waals surface area contributed by atoms with Crippen molar-refractivity contribution in [2.24, 2.45) is 0 Å². The van der Waals surface area contributed by atoms with Crippen molar-refractivity contribution < 1.29 is 13.2 Å². The van der Waals surface area contributed by atoms with Crippen LogP contribution in [-0.2, 0) is 6.18 Å². The van der Waals surface area contributed by atoms with Crippen molar-refractivity contribution >= 4 is 17.2 Å². The summed E-state index contributed by atoms with van der Waals surface area (Å²) in [6.45, 7) is 3.57. The van der Waals surface area contributed by atoms with Crippen molar-refractivity contribution in [1.29, 1.82) is 0 Å². The molecule has 0 amide bonds. The van der Waals surface area contributed by atoms with Gasteiger partial charge in [-0.15, -0.1) is 0 Å². The summed E-state index contributed by atoms with van der Waals surface area (Å²) in [6, 6.07) is 4.18. The van der Waals surface area contributed by atoms with E-state index >= 15 is 0 Å². The van der Waals surface area contributed by atoms with Gasteiger partial charge in [0.05, 0.1) is 5.56 Å². The van der Waals surface area contributed by atoms with Crippen molar-refractivity contribution in [2.75, 3.05) is 13.1 Å². The average molecular weight is 311 g/mol. The second kappa shape index (κ2) is 6.48. The molecule has 1 heterocycles. The minimum atomic E-state index is -4.42. The first-order valence-electron chi connectivity index (χ1n) is 6.93. The van der Waals surface area contributed by atoms with Gasteiger partial charge in [-0.3, -0.25) is 0 Å². The van der Waals surface area contributed by atoms with E-state index in [0.717, 1.165) is 32.0 Å². The topological polar surface area (TPSA) is 3.24 Å². The van der Waals surface area contributed by atoms with E-state index in [1.54, 1.807) is 6.07 Å². The van der Waals surface area contributed by atoms with Gasteiger partial charge in [0.25, 0.3) is 0 Å². The Labute approximate surface area is 128 Å². The monoisotopic (exact) mass is 311 g/mol. The minimum absolute atomic E-state index is 0.0195. The maximum absolute atomic E-state index is 13.2. The fraction of sp³-hybridized carbons (Fsp3) is 0.438. The molecule has 0 radical (unpaired) electrons. The van der Waals surface area contributed by atoms with Crippen molar-refractivity contribution in [3.8, 4) is 11.8 Å². The van der Waals surface area contributed by atoms with Gasteiger partial charge in [0.15, 0.2) is 0 Å². The molecule has 112 valence electrons. The third-order valence-corrected chi connectivity index (χ3v) is 3.81. The van der Waals surface area contributed by atoms with Gasteiger partial charge in [-0.1, -0.05) is 37.0 Å². The number of rotatable bonds is 2. The van der Waals surface area contributed by atoms with E-state index in [0.29, 0.717) is 17.0 Å². The molecule has 1 aromatic carbocycles. The summed E-state index contributed by atoms with van der Waals surface area (Å²) in [5.41, 5.74) is -0.240. The summed E-state index contributed by atoms with van der Waals surface area (Å²) >= 11 is 5.25. The van der Waals surface area contributed by atoms with Crippen LogP contribution >= 0.6 is 12.2 Å². The van der Waals surface area contributed by atoms with Gasteiger partial charge in [-0.05, 0) is 25.0 Å². The van der Waals surface area contributed by atoms with Crippen molar-refractivity contribution in [2.45, 2.75) is 32.4 Å². The molecular weight excluding hydrogens is 295 g/mol. The molecule has 0 saturated carbocycles. The highest BCUT2D eigenvalue weighted by Gasteiger charge is 2.34. The number of nitrogens with zero attached hydrogens (tertiary/aromatic N) is 1. The predicted octanol–water partition coefficient (Wildman–Crippen LogP) is 4.24. The number of alkyl halides is 3. The molecular formula is C16H16F3NS. The number of thiocarbonyl (C=S) groups is 1. The number of hydrogen-bond donors (Lipinski definition) is 0. The summed E-state index contributed by atoms with van der Waals surface area (Å²) in [5, 5.41) is 0. The number of halogens is 3. The zero-order chi connectivity index (χ0) is 15.5. The third-order valence-electron chi connectivity index (χ3n) is 3.31. The average Bonchev–Trinajstić information content (AvgIpc) is 2.36. The van der Waals surface area contributed by atoms with Crippen molar-refractivity contribution in [3.05, 3.63) is 34.9 Å². The highest BCUT2D eigenvalue weighted by atomic mass is 32.1. The van der Waals surface area contributed by atoms with E-state index in [2.05, 4.69) is 11.8 Å². The van der Waals surface area contributed by atoms with Crippen LogP contribution in [0.25, 0.3) is 0 Å². The molecule has 1 aromatic rings. The fourth-order valence-corrected chi connectivity index (χ4v) is 2.31. The first kappa shape index (κ1) is 15.8. The lowest BCUT2D eigenvalue weighted by Crippen LogP contribution is -2.41. The zero-order valence-electron chi connectivity index (χ0n) is 11.8. The van der Waals surface area contributed by atoms with Crippen LogP contribution in [-0.4, -0.2) is 23.0 Å². The van der Waals surface area contributed by atoms with E-state index in [1.165, 1.54) is 6.07 Å². The number of unbranched alkanes of at least 4 members (excludes halogenated alkanes) is 1. The second-order valence-electron chi connectivity index (χ2n) is 4.96. The highest BCUT2D eigenvalue weighted by Crippen LogP contribution is 2.33. The molecule has 0 aliphatic carbocycles. The lowest BCUT2D eigenvalue weighted by atomic mass is 10.0. The zero-order valence-corrected chi connectivity index (χ0v) is 12.6. The van der Waals surface area contributed by atoms with E-state index in [-0.39, 0.29) is 5.56 Å². The van der Waals surface area contributed by atoms with Gasteiger partial charge in [0.2, 0.25) is 0 Å². The van der Waals surface area contributed by atoms with E-state index < -0.39 is 11.7 Å². The Morgan fingerprint density at radius 3 is 2.57 bits per heavy atom. The van der Waals surface area contributed by atoms with Gasteiger partial charge in [-0.25, -0.2) is 0 Å². The number of benzene rings is 1. The summed E-state index contributed by atoms with van der Waals surface area (Å²) < 4.78 is 39.5. The summed E-state index contributed by atoms with van der Waals surface area (Å²) in [6.07, 6.45) is -1.97. The van der Waals surface area contributed by atoms with Crippen LogP contribution in [0.2, 0.25) is 0 Å². The van der Waals surface area contributed by atoms with Crippen LogP contribution in [0.4, 0.5) is 13.2 Å². The van der Waals surface area contributed by atoms with Gasteiger partial charge in [0.1, 0.15) is 4.99 Å². The molecule has 1 aliphatic rings. The Morgan fingerprint density at radius 1 is 1.33 bits per heavy atom. The SMILES string of the molecule is CCCC#Cc1ccc(C(=S)N2CCC2)cc1C(F)(F)F. The molecule has 1 fully saturated rings. The highest BCUT2D eigenvalue weighted by molar-refractivity contribution is 7.80. The molecule has 0 N–H and O–H groups in total. The predicted molar refractivity (Wildman–Crippen MR) is 81.1 cm³/mol. The summed E-state index contributed by atoms with van der Waals surface area (Å²) in [4.78, 5) is 2.40. The molecule has 1 saturated heterocycles. The van der Waals surface area contributed by atoms with Crippen LogP contribution in [0.5, 0.6) is 0 Å². The molecule has 0 unspecified atom stereocenters. The Hall–Kier alpha value is -1.54. The third kappa shape index (κ3) is 3.76. The molecule has 1 nitrogen and oxygen atoms in total. The quantitative estimate of drug-likeness (QED) is 0.594. The smallest absolute Gasteiger partial charge is 0.362 e. The van der Waals surface area contributed by atoms with E-state index in [1.807, 2.05) is 11.8 Å². The molecule has 0 atom stereocenters. The Kier molecular flexibility index (Phi) is 4.89. The van der Waals surface area contributed by atoms with Crippen LogP contribution in [0.1, 0.15) is 42.9 Å². The Morgan fingerprint density at radius 2 is 2.05 bits per heavy atom. The molecule has 5 heteroatoms. The fourth-order valence-electron chi connectivity index (χ4n) is 2.01. The molecule has 2 rings (SSSR count). The van der Waals surface area contributed by atoms with Crippen molar-refractivity contribution in [3.63, 3.8) is 0 Å². The standard InChI is InChI=1S/C16H16F3NS/c1-2-3-4-6-12-7-8-13(11-14(12)16(17,18)19)15(21)20-9-5-10-20/h7-8,11H,2-3,5,9-10H2,1H3. The first-order valence-corrected chi connectivity index (χ1v) is 7.33. The number of likely N-dealkylation sites (tertiary alicyclic amines) is 1. The Balaban J connectivity index is 2.35. The van der Waals surface area contributed by atoms with Crippen LogP contribution in [0.15, 0.2) is 18.2 Å². The largest absolute Gasteiger partial charge is 0.417 e. The van der Waals surface area contributed by atoms with Crippen molar-refractivity contribution in [1.82, 2.24) is 4.90 Å². The number of hydrogen-bond acceptors (Lipinski definition) is 1. The van der Waals surface area contributed by atoms with Crippen LogP contribution in [0, 0.1) is 11.8 Å². The molecule has 1 aliphatic heterocycles. The molecule has 0 spiro atoms. The molecule has 0 aromatic heterocycles. The van der Waals surface area contributed by atoms with Crippen LogP contribution in [0.3, 0.4) is 0 Å². The second-order valence-corrected chi connectivity index (χ2v) is 5.34. The molecule has 21 heavy (non-hydrogen) atoms. The normalized spacial score (nSPS) is 14.2. The lowest BCUT2D eigenvalue weighted by Gasteiger charge is -2.33. The first-order chi connectivity index (χ1) is 9.93. The molecule has 0 bridgehead atoms. The van der Waals surface area contributed by atoms with Crippen LogP contribution < -0.4 is 0 Å². The van der Waals surface area contributed by atoms with Gasteiger partial charge in [0, 0.05) is 30.6 Å². The maximum Gasteiger partial charge on any atom is 0.417 e.